The van der Waals surface area contributed by atoms with Gasteiger partial charge in [0.15, 0.2) is 11.6 Å². The average Bonchev–Trinajstić information content (AvgIpc) is 2.10. The third kappa shape index (κ3) is 2.89. The molecule has 0 aromatic heterocycles. The second kappa shape index (κ2) is 5.88. The molecular weight excluding hydrogens is 215 g/mol. The fraction of sp³-hybridized carbons (Fsp3) is 0.333. The van der Waals surface area contributed by atoms with Crippen LogP contribution in [0.5, 0.6) is 0 Å². The molecule has 1 aromatic carbocycles. The van der Waals surface area contributed by atoms with Crippen LogP contribution in [0.25, 0.3) is 0 Å². The monoisotopic (exact) mass is 225 g/mol. The van der Waals surface area contributed by atoms with Crippen molar-refractivity contribution >= 4 is 12.4 Å². The smallest absolute Gasteiger partial charge is 0.163 e. The van der Waals surface area contributed by atoms with Gasteiger partial charge < -0.3 is 5.73 Å². The summed E-state index contributed by atoms with van der Waals surface area (Å²) in [7, 11) is 0. The van der Waals surface area contributed by atoms with Gasteiger partial charge in [-0.15, -0.1) is 12.4 Å². The fourth-order valence-electron chi connectivity index (χ4n) is 1.08. The van der Waals surface area contributed by atoms with E-state index in [1.807, 2.05) is 0 Å². The van der Waals surface area contributed by atoms with Gasteiger partial charge in [-0.05, 0) is 12.5 Å². The van der Waals surface area contributed by atoms with E-state index < -0.39 is 24.4 Å². The van der Waals surface area contributed by atoms with Crippen LogP contribution >= 0.6 is 12.4 Å². The molecule has 0 spiro atoms. The van der Waals surface area contributed by atoms with Gasteiger partial charge in [0, 0.05) is 11.6 Å². The van der Waals surface area contributed by atoms with Gasteiger partial charge in [0.25, 0.3) is 0 Å². The summed E-state index contributed by atoms with van der Waals surface area (Å²) >= 11 is 0. The number of benzene rings is 1. The molecule has 1 rings (SSSR count). The maximum Gasteiger partial charge on any atom is 0.163 e. The van der Waals surface area contributed by atoms with Crippen LogP contribution in [0.4, 0.5) is 13.2 Å². The molecule has 0 saturated heterocycles. The first-order chi connectivity index (χ1) is 6.16. The van der Waals surface area contributed by atoms with E-state index in [1.165, 1.54) is 12.1 Å². The topological polar surface area (TPSA) is 26.0 Å². The van der Waals surface area contributed by atoms with E-state index in [-0.39, 0.29) is 24.4 Å². The summed E-state index contributed by atoms with van der Waals surface area (Å²) in [4.78, 5) is 0. The molecule has 1 aromatic rings. The molecule has 2 N–H and O–H groups in total. The highest BCUT2D eigenvalue weighted by Crippen LogP contribution is 2.19. The lowest BCUT2D eigenvalue weighted by Gasteiger charge is -2.10. The van der Waals surface area contributed by atoms with E-state index in [4.69, 9.17) is 5.73 Å². The Labute approximate surface area is 86.5 Å². The van der Waals surface area contributed by atoms with E-state index in [0.717, 1.165) is 6.07 Å². The van der Waals surface area contributed by atoms with Gasteiger partial charge in [-0.3, -0.25) is 4.39 Å². The van der Waals surface area contributed by atoms with Gasteiger partial charge in [-0.2, -0.15) is 0 Å². The Bertz CT molecular complexity index is 293. The Balaban J connectivity index is 0.00000169. The summed E-state index contributed by atoms with van der Waals surface area (Å²) in [5.41, 5.74) is 5.45. The van der Waals surface area contributed by atoms with E-state index in [9.17, 15) is 13.2 Å². The maximum atomic E-state index is 13.0. The Hall–Kier alpha value is -0.740. The van der Waals surface area contributed by atoms with Gasteiger partial charge in [0.2, 0.25) is 0 Å². The molecule has 14 heavy (non-hydrogen) atoms. The molecule has 0 aliphatic rings. The van der Waals surface area contributed by atoms with Crippen molar-refractivity contribution in [1.82, 2.24) is 0 Å². The molecule has 0 unspecified atom stereocenters. The van der Waals surface area contributed by atoms with E-state index in [1.54, 1.807) is 0 Å². The largest absolute Gasteiger partial charge is 0.324 e. The molecule has 1 atom stereocenters. The molecule has 5 heteroatoms. The average molecular weight is 226 g/mol. The lowest BCUT2D eigenvalue weighted by atomic mass is 10.0. The minimum atomic E-state index is -0.983. The summed E-state index contributed by atoms with van der Waals surface area (Å²) in [6.07, 6.45) is 0.000370. The molecular formula is C9H11ClF3N. The van der Waals surface area contributed by atoms with Crippen LogP contribution in [0.1, 0.15) is 18.0 Å². The summed E-state index contributed by atoms with van der Waals surface area (Å²) in [5, 5.41) is 0. The van der Waals surface area contributed by atoms with Crippen molar-refractivity contribution < 1.29 is 13.2 Å². The Morgan fingerprint density at radius 2 is 1.93 bits per heavy atom. The van der Waals surface area contributed by atoms with Gasteiger partial charge in [-0.1, -0.05) is 12.1 Å². The standard InChI is InChI=1S/C9H10F3N.ClH/c10-5-4-8(13)6-2-1-3-7(11)9(6)12;/h1-3,8H,4-5,13H2;1H/t8-;/m1./s1. The summed E-state index contributed by atoms with van der Waals surface area (Å²) in [6, 6.07) is 2.94. The first-order valence-corrected chi connectivity index (χ1v) is 3.92. The van der Waals surface area contributed by atoms with Crippen LogP contribution in [-0.4, -0.2) is 6.67 Å². The minimum absolute atomic E-state index is 0. The number of alkyl halides is 1. The lowest BCUT2D eigenvalue weighted by Crippen LogP contribution is -2.13. The number of hydrogen-bond donors (Lipinski definition) is 1. The first-order valence-electron chi connectivity index (χ1n) is 3.92. The van der Waals surface area contributed by atoms with Crippen LogP contribution in [0.3, 0.4) is 0 Å². The summed E-state index contributed by atoms with van der Waals surface area (Å²) < 4.78 is 37.5. The number of nitrogens with two attached hydrogens (primary N) is 1. The lowest BCUT2D eigenvalue weighted by molar-refractivity contribution is 0.427. The zero-order valence-corrected chi connectivity index (χ0v) is 8.16. The third-order valence-corrected chi connectivity index (χ3v) is 1.80. The van der Waals surface area contributed by atoms with E-state index >= 15 is 0 Å². The van der Waals surface area contributed by atoms with E-state index in [0.29, 0.717) is 0 Å². The van der Waals surface area contributed by atoms with Crippen LogP contribution in [0.15, 0.2) is 18.2 Å². The highest BCUT2D eigenvalue weighted by Gasteiger charge is 2.13. The zero-order chi connectivity index (χ0) is 9.84. The Kier molecular flexibility index (Phi) is 5.57. The fourth-order valence-corrected chi connectivity index (χ4v) is 1.08. The first kappa shape index (κ1) is 13.3. The molecule has 0 bridgehead atoms. The van der Waals surface area contributed by atoms with Crippen LogP contribution in [-0.2, 0) is 0 Å². The van der Waals surface area contributed by atoms with Gasteiger partial charge >= 0.3 is 0 Å². The van der Waals surface area contributed by atoms with Crippen LogP contribution in [0, 0.1) is 11.6 Å². The third-order valence-electron chi connectivity index (χ3n) is 1.80. The number of hydrogen-bond acceptors (Lipinski definition) is 1. The quantitative estimate of drug-likeness (QED) is 0.841. The zero-order valence-electron chi connectivity index (χ0n) is 7.34. The molecule has 0 heterocycles. The predicted octanol–water partition coefficient (Wildman–Crippen LogP) is 2.75. The number of halogens is 4. The maximum absolute atomic E-state index is 13.0. The molecule has 0 amide bonds. The minimum Gasteiger partial charge on any atom is -0.324 e. The summed E-state index contributed by atoms with van der Waals surface area (Å²) in [5.74, 6) is -1.93. The van der Waals surface area contributed by atoms with Crippen molar-refractivity contribution in [2.75, 3.05) is 6.67 Å². The normalized spacial score (nSPS) is 12.0. The van der Waals surface area contributed by atoms with Crippen molar-refractivity contribution in [1.29, 1.82) is 0 Å². The molecule has 0 aliphatic carbocycles. The SMILES string of the molecule is Cl.N[C@H](CCF)c1cccc(F)c1F. The van der Waals surface area contributed by atoms with Gasteiger partial charge in [0.1, 0.15) is 0 Å². The second-order valence-corrected chi connectivity index (χ2v) is 2.73. The Morgan fingerprint density at radius 3 is 2.50 bits per heavy atom. The highest BCUT2D eigenvalue weighted by atomic mass is 35.5. The van der Waals surface area contributed by atoms with Crippen LogP contribution in [0.2, 0.25) is 0 Å². The predicted molar refractivity (Wildman–Crippen MR) is 51.1 cm³/mol. The molecule has 0 aliphatic heterocycles. The van der Waals surface area contributed by atoms with Gasteiger partial charge in [-0.25, -0.2) is 8.78 Å². The van der Waals surface area contributed by atoms with Crippen molar-refractivity contribution in [3.8, 4) is 0 Å². The van der Waals surface area contributed by atoms with Crippen molar-refractivity contribution in [3.05, 3.63) is 35.4 Å². The van der Waals surface area contributed by atoms with Crippen molar-refractivity contribution in [2.45, 2.75) is 12.5 Å². The van der Waals surface area contributed by atoms with Crippen molar-refractivity contribution in [3.63, 3.8) is 0 Å². The second-order valence-electron chi connectivity index (χ2n) is 2.73. The molecule has 0 radical (unpaired) electrons. The number of rotatable bonds is 3. The summed E-state index contributed by atoms with van der Waals surface area (Å²) in [6.45, 7) is -0.642. The van der Waals surface area contributed by atoms with Crippen molar-refractivity contribution in [2.24, 2.45) is 5.73 Å². The van der Waals surface area contributed by atoms with E-state index in [2.05, 4.69) is 0 Å². The Morgan fingerprint density at radius 1 is 1.29 bits per heavy atom. The highest BCUT2D eigenvalue weighted by molar-refractivity contribution is 5.85. The molecule has 0 saturated carbocycles. The molecule has 80 valence electrons. The van der Waals surface area contributed by atoms with Crippen LogP contribution < -0.4 is 5.73 Å². The molecule has 0 fully saturated rings. The molecule has 1 nitrogen and oxygen atoms in total. The van der Waals surface area contributed by atoms with Gasteiger partial charge in [0.05, 0.1) is 6.67 Å².